The van der Waals surface area contributed by atoms with Crippen molar-refractivity contribution in [3.05, 3.63) is 35.4 Å². The molecule has 0 aromatic heterocycles. The van der Waals surface area contributed by atoms with Crippen molar-refractivity contribution in [2.75, 3.05) is 13.1 Å². The standard InChI is InChI=1S/C17H25NO2/c1-4-17(2,3)14-7-5-13(6-8-14)16(20)18-11-9-15(19)10-12-18/h5-8,15,19H,4,9-12H2,1-3H3. The van der Waals surface area contributed by atoms with E-state index >= 15 is 0 Å². The summed E-state index contributed by atoms with van der Waals surface area (Å²) in [6, 6.07) is 7.99. The molecule has 2 rings (SSSR count). The quantitative estimate of drug-likeness (QED) is 0.921. The summed E-state index contributed by atoms with van der Waals surface area (Å²) in [5, 5.41) is 9.49. The number of carbonyl (C=O) groups excluding carboxylic acids is 1. The summed E-state index contributed by atoms with van der Waals surface area (Å²) < 4.78 is 0. The Balaban J connectivity index is 2.08. The fourth-order valence-electron chi connectivity index (χ4n) is 2.52. The molecule has 1 heterocycles. The summed E-state index contributed by atoms with van der Waals surface area (Å²) in [6.07, 6.45) is 2.20. The first-order valence-electron chi connectivity index (χ1n) is 7.52. The van der Waals surface area contributed by atoms with E-state index in [4.69, 9.17) is 0 Å². The van der Waals surface area contributed by atoms with Gasteiger partial charge in [-0.3, -0.25) is 4.79 Å². The number of carbonyl (C=O) groups is 1. The van der Waals surface area contributed by atoms with E-state index < -0.39 is 0 Å². The maximum absolute atomic E-state index is 12.4. The second kappa shape index (κ2) is 5.96. The third kappa shape index (κ3) is 3.21. The first-order chi connectivity index (χ1) is 9.44. The molecule has 110 valence electrons. The summed E-state index contributed by atoms with van der Waals surface area (Å²) in [5.41, 5.74) is 2.17. The molecule has 1 aliphatic rings. The Morgan fingerprint density at radius 1 is 1.25 bits per heavy atom. The second-order valence-corrected chi connectivity index (χ2v) is 6.34. The summed E-state index contributed by atoms with van der Waals surface area (Å²) in [4.78, 5) is 14.2. The molecule has 1 fully saturated rings. The molecule has 1 aliphatic heterocycles. The van der Waals surface area contributed by atoms with Crippen molar-refractivity contribution in [3.63, 3.8) is 0 Å². The number of aliphatic hydroxyl groups excluding tert-OH is 1. The van der Waals surface area contributed by atoms with E-state index in [0.717, 1.165) is 12.0 Å². The van der Waals surface area contributed by atoms with E-state index in [0.29, 0.717) is 25.9 Å². The van der Waals surface area contributed by atoms with E-state index in [-0.39, 0.29) is 17.4 Å². The highest BCUT2D eigenvalue weighted by Crippen LogP contribution is 2.27. The van der Waals surface area contributed by atoms with Gasteiger partial charge in [-0.1, -0.05) is 32.9 Å². The van der Waals surface area contributed by atoms with Gasteiger partial charge in [0.25, 0.3) is 5.91 Å². The minimum atomic E-state index is -0.244. The first kappa shape index (κ1) is 15.0. The molecule has 0 bridgehead atoms. The van der Waals surface area contributed by atoms with Crippen molar-refractivity contribution in [2.24, 2.45) is 0 Å². The van der Waals surface area contributed by atoms with Gasteiger partial charge in [0.15, 0.2) is 0 Å². The Bertz CT molecular complexity index is 456. The summed E-state index contributed by atoms with van der Waals surface area (Å²) in [5.74, 6) is 0.0813. The van der Waals surface area contributed by atoms with Crippen molar-refractivity contribution >= 4 is 5.91 Å². The van der Waals surface area contributed by atoms with Crippen LogP contribution in [0.4, 0.5) is 0 Å². The van der Waals surface area contributed by atoms with Crippen molar-refractivity contribution < 1.29 is 9.90 Å². The minimum absolute atomic E-state index is 0.0813. The Morgan fingerprint density at radius 3 is 2.30 bits per heavy atom. The van der Waals surface area contributed by atoms with Gasteiger partial charge in [-0.05, 0) is 42.4 Å². The maximum Gasteiger partial charge on any atom is 0.253 e. The number of nitrogens with zero attached hydrogens (tertiary/aromatic N) is 1. The molecule has 1 aromatic rings. The molecule has 0 spiro atoms. The van der Waals surface area contributed by atoms with Gasteiger partial charge in [0.05, 0.1) is 6.10 Å². The average Bonchev–Trinajstić information content (AvgIpc) is 2.47. The second-order valence-electron chi connectivity index (χ2n) is 6.34. The van der Waals surface area contributed by atoms with Gasteiger partial charge in [-0.25, -0.2) is 0 Å². The van der Waals surface area contributed by atoms with Crippen LogP contribution >= 0.6 is 0 Å². The number of likely N-dealkylation sites (tertiary alicyclic amines) is 1. The van der Waals surface area contributed by atoms with Gasteiger partial charge in [0, 0.05) is 18.7 Å². The van der Waals surface area contributed by atoms with Gasteiger partial charge >= 0.3 is 0 Å². The Labute approximate surface area is 121 Å². The van der Waals surface area contributed by atoms with Crippen LogP contribution in [0.1, 0.15) is 56.0 Å². The lowest BCUT2D eigenvalue weighted by atomic mass is 9.82. The van der Waals surface area contributed by atoms with Gasteiger partial charge < -0.3 is 10.0 Å². The molecule has 1 amide bonds. The molecule has 0 unspecified atom stereocenters. The molecule has 1 saturated heterocycles. The molecular weight excluding hydrogens is 250 g/mol. The fourth-order valence-corrected chi connectivity index (χ4v) is 2.52. The third-order valence-corrected chi connectivity index (χ3v) is 4.55. The van der Waals surface area contributed by atoms with Crippen LogP contribution in [-0.2, 0) is 5.41 Å². The average molecular weight is 275 g/mol. The summed E-state index contributed by atoms with van der Waals surface area (Å²) in [7, 11) is 0. The van der Waals surface area contributed by atoms with Gasteiger partial charge in [0.1, 0.15) is 0 Å². The largest absolute Gasteiger partial charge is 0.393 e. The van der Waals surface area contributed by atoms with E-state index in [2.05, 4.69) is 32.9 Å². The molecule has 3 heteroatoms. The normalized spacial score (nSPS) is 17.3. The minimum Gasteiger partial charge on any atom is -0.393 e. The SMILES string of the molecule is CCC(C)(C)c1ccc(C(=O)N2CCC(O)CC2)cc1. The molecule has 1 N–H and O–H groups in total. The topological polar surface area (TPSA) is 40.5 Å². The maximum atomic E-state index is 12.4. The van der Waals surface area contributed by atoms with E-state index in [1.54, 1.807) is 0 Å². The highest BCUT2D eigenvalue weighted by molar-refractivity contribution is 5.94. The van der Waals surface area contributed by atoms with Crippen LogP contribution in [0, 0.1) is 0 Å². The van der Waals surface area contributed by atoms with Crippen LogP contribution in [0.15, 0.2) is 24.3 Å². The monoisotopic (exact) mass is 275 g/mol. The fraction of sp³-hybridized carbons (Fsp3) is 0.588. The predicted octanol–water partition coefficient (Wildman–Crippen LogP) is 2.97. The van der Waals surface area contributed by atoms with Crippen molar-refractivity contribution in [3.8, 4) is 0 Å². The molecule has 20 heavy (non-hydrogen) atoms. The van der Waals surface area contributed by atoms with Crippen LogP contribution in [-0.4, -0.2) is 35.1 Å². The Hall–Kier alpha value is -1.35. The number of hydrogen-bond donors (Lipinski definition) is 1. The number of aliphatic hydroxyl groups is 1. The van der Waals surface area contributed by atoms with Crippen molar-refractivity contribution in [1.82, 2.24) is 4.90 Å². The van der Waals surface area contributed by atoms with Crippen molar-refractivity contribution in [1.29, 1.82) is 0 Å². The zero-order chi connectivity index (χ0) is 14.8. The predicted molar refractivity (Wildman–Crippen MR) is 80.9 cm³/mol. The van der Waals surface area contributed by atoms with E-state index in [9.17, 15) is 9.90 Å². The lowest BCUT2D eigenvalue weighted by molar-refractivity contribution is 0.0546. The Morgan fingerprint density at radius 2 is 1.80 bits per heavy atom. The molecule has 1 aromatic carbocycles. The molecule has 0 atom stereocenters. The summed E-state index contributed by atoms with van der Waals surface area (Å²) >= 11 is 0. The van der Waals surface area contributed by atoms with Crippen LogP contribution < -0.4 is 0 Å². The smallest absolute Gasteiger partial charge is 0.253 e. The number of benzene rings is 1. The lowest BCUT2D eigenvalue weighted by Crippen LogP contribution is -2.40. The van der Waals surface area contributed by atoms with Gasteiger partial charge in [-0.15, -0.1) is 0 Å². The van der Waals surface area contributed by atoms with Crippen molar-refractivity contribution in [2.45, 2.75) is 51.6 Å². The third-order valence-electron chi connectivity index (χ3n) is 4.55. The van der Waals surface area contributed by atoms with E-state index in [1.165, 1.54) is 5.56 Å². The zero-order valence-corrected chi connectivity index (χ0v) is 12.7. The molecule has 0 aliphatic carbocycles. The number of amides is 1. The van der Waals surface area contributed by atoms with E-state index in [1.807, 2.05) is 17.0 Å². The first-order valence-corrected chi connectivity index (χ1v) is 7.52. The number of rotatable bonds is 3. The molecular formula is C17H25NO2. The van der Waals surface area contributed by atoms with Gasteiger partial charge in [-0.2, -0.15) is 0 Å². The van der Waals surface area contributed by atoms with Crippen LogP contribution in [0.3, 0.4) is 0 Å². The molecule has 0 saturated carbocycles. The number of piperidine rings is 1. The molecule has 3 nitrogen and oxygen atoms in total. The van der Waals surface area contributed by atoms with Gasteiger partial charge in [0.2, 0.25) is 0 Å². The zero-order valence-electron chi connectivity index (χ0n) is 12.7. The van der Waals surface area contributed by atoms with Crippen LogP contribution in [0.25, 0.3) is 0 Å². The van der Waals surface area contributed by atoms with Crippen LogP contribution in [0.5, 0.6) is 0 Å². The Kier molecular flexibility index (Phi) is 4.48. The molecule has 0 radical (unpaired) electrons. The lowest BCUT2D eigenvalue weighted by Gasteiger charge is -2.30. The number of hydrogen-bond acceptors (Lipinski definition) is 2. The van der Waals surface area contributed by atoms with Crippen LogP contribution in [0.2, 0.25) is 0 Å². The highest BCUT2D eigenvalue weighted by Gasteiger charge is 2.23. The summed E-state index contributed by atoms with van der Waals surface area (Å²) in [6.45, 7) is 7.92. The highest BCUT2D eigenvalue weighted by atomic mass is 16.3.